The Labute approximate surface area is 418 Å². The predicted molar refractivity (Wildman–Crippen MR) is 289 cm³/mol. The monoisotopic (exact) mass is 947 g/mol. The van der Waals surface area contributed by atoms with Crippen molar-refractivity contribution >= 4 is 17.9 Å². The van der Waals surface area contributed by atoms with Crippen LogP contribution in [0.3, 0.4) is 0 Å². The first-order valence-corrected chi connectivity index (χ1v) is 30.3. The minimum absolute atomic E-state index is 0.0622. The van der Waals surface area contributed by atoms with Gasteiger partial charge in [-0.25, -0.2) is 0 Å². The average molecular weight is 948 g/mol. The van der Waals surface area contributed by atoms with Crippen molar-refractivity contribution in [3.05, 3.63) is 0 Å². The van der Waals surface area contributed by atoms with Crippen LogP contribution in [0.25, 0.3) is 0 Å². The van der Waals surface area contributed by atoms with Crippen molar-refractivity contribution in [3.63, 3.8) is 0 Å². The largest absolute Gasteiger partial charge is 0.462 e. The average Bonchev–Trinajstić information content (AvgIpc) is 3.31. The quantitative estimate of drug-likeness (QED) is 0.0343. The summed E-state index contributed by atoms with van der Waals surface area (Å²) in [4.78, 5) is 38.2. The number of hydrogen-bond acceptors (Lipinski definition) is 6. The van der Waals surface area contributed by atoms with Gasteiger partial charge in [-0.1, -0.05) is 304 Å². The van der Waals surface area contributed by atoms with Gasteiger partial charge in [0.15, 0.2) is 6.10 Å². The fourth-order valence-corrected chi connectivity index (χ4v) is 9.37. The van der Waals surface area contributed by atoms with E-state index in [0.29, 0.717) is 19.3 Å². The van der Waals surface area contributed by atoms with E-state index in [2.05, 4.69) is 34.6 Å². The first-order valence-electron chi connectivity index (χ1n) is 30.3. The van der Waals surface area contributed by atoms with Gasteiger partial charge in [-0.05, 0) is 31.1 Å². The van der Waals surface area contributed by atoms with Crippen LogP contribution in [-0.4, -0.2) is 37.2 Å². The van der Waals surface area contributed by atoms with Crippen LogP contribution in [-0.2, 0) is 28.6 Å². The summed E-state index contributed by atoms with van der Waals surface area (Å²) >= 11 is 0. The maximum absolute atomic E-state index is 12.9. The summed E-state index contributed by atoms with van der Waals surface area (Å²) in [6.07, 6.45) is 58.0. The molecule has 0 amide bonds. The first-order chi connectivity index (χ1) is 32.8. The minimum Gasteiger partial charge on any atom is -0.462 e. The van der Waals surface area contributed by atoms with Crippen LogP contribution < -0.4 is 0 Å². The lowest BCUT2D eigenvalue weighted by Gasteiger charge is -2.18. The van der Waals surface area contributed by atoms with Crippen LogP contribution in [0, 0.1) is 11.8 Å². The molecule has 0 aromatic carbocycles. The van der Waals surface area contributed by atoms with E-state index < -0.39 is 6.10 Å². The van der Waals surface area contributed by atoms with Crippen molar-refractivity contribution in [1.29, 1.82) is 0 Å². The molecule has 398 valence electrons. The molecule has 0 aliphatic carbocycles. The fourth-order valence-electron chi connectivity index (χ4n) is 9.37. The van der Waals surface area contributed by atoms with Gasteiger partial charge in [0.2, 0.25) is 0 Å². The molecule has 6 nitrogen and oxygen atoms in total. The molecule has 0 fully saturated rings. The van der Waals surface area contributed by atoms with Gasteiger partial charge in [0.1, 0.15) is 13.2 Å². The maximum Gasteiger partial charge on any atom is 0.306 e. The molecule has 0 heterocycles. The van der Waals surface area contributed by atoms with Gasteiger partial charge in [0.25, 0.3) is 0 Å². The summed E-state index contributed by atoms with van der Waals surface area (Å²) in [5.41, 5.74) is 0. The standard InChI is InChI=1S/C61H118O6/c1-6-8-9-10-11-12-13-14-21-28-33-38-43-48-53-61(64)67-58(54-65-59(62)51-46-41-36-31-26-22-17-15-19-24-29-34-39-44-49-56(3)4)55-66-60(63)52-47-42-37-32-27-23-18-16-20-25-30-35-40-45-50-57(5)7-2/h56-58H,6-55H2,1-5H3/t57?,58-/m0/s1. The first kappa shape index (κ1) is 65.4. The van der Waals surface area contributed by atoms with Crippen LogP contribution in [0.4, 0.5) is 0 Å². The van der Waals surface area contributed by atoms with E-state index in [9.17, 15) is 14.4 Å². The highest BCUT2D eigenvalue weighted by atomic mass is 16.6. The van der Waals surface area contributed by atoms with E-state index in [1.54, 1.807) is 0 Å². The zero-order chi connectivity index (χ0) is 48.9. The van der Waals surface area contributed by atoms with Gasteiger partial charge < -0.3 is 14.2 Å². The number of carbonyl (C=O) groups excluding carboxylic acids is 3. The molecular formula is C61H118O6. The van der Waals surface area contributed by atoms with Crippen molar-refractivity contribution in [3.8, 4) is 0 Å². The Morgan fingerprint density at radius 3 is 0.851 bits per heavy atom. The summed E-state index contributed by atoms with van der Waals surface area (Å²) in [5.74, 6) is 0.906. The molecule has 0 saturated carbocycles. The van der Waals surface area contributed by atoms with Gasteiger partial charge in [-0.15, -0.1) is 0 Å². The van der Waals surface area contributed by atoms with Crippen LogP contribution in [0.2, 0.25) is 0 Å². The number of carbonyl (C=O) groups is 3. The molecule has 0 aromatic heterocycles. The van der Waals surface area contributed by atoms with E-state index >= 15 is 0 Å². The fraction of sp³-hybridized carbons (Fsp3) is 0.951. The Bertz CT molecular complexity index is 1030. The molecule has 0 aromatic rings. The lowest BCUT2D eigenvalue weighted by atomic mass is 9.99. The summed E-state index contributed by atoms with van der Waals surface area (Å²) < 4.78 is 16.9. The summed E-state index contributed by atoms with van der Waals surface area (Å²) in [5, 5.41) is 0. The third kappa shape index (κ3) is 53.6. The number of unbranched alkanes of at least 4 members (excludes halogenated alkanes) is 39. The van der Waals surface area contributed by atoms with E-state index in [1.165, 1.54) is 231 Å². The Kier molecular flexibility index (Phi) is 52.5. The van der Waals surface area contributed by atoms with Crippen LogP contribution in [0.1, 0.15) is 343 Å². The number of rotatable bonds is 55. The zero-order valence-electron chi connectivity index (χ0n) is 46.0. The molecule has 0 rings (SSSR count). The third-order valence-electron chi connectivity index (χ3n) is 14.3. The Morgan fingerprint density at radius 1 is 0.313 bits per heavy atom. The predicted octanol–water partition coefficient (Wildman–Crippen LogP) is 20.0. The second-order valence-electron chi connectivity index (χ2n) is 21.7. The summed E-state index contributed by atoms with van der Waals surface area (Å²) in [6, 6.07) is 0. The highest BCUT2D eigenvalue weighted by Crippen LogP contribution is 2.19. The minimum atomic E-state index is -0.763. The number of ether oxygens (including phenoxy) is 3. The van der Waals surface area contributed by atoms with E-state index in [4.69, 9.17) is 14.2 Å². The lowest BCUT2D eigenvalue weighted by molar-refractivity contribution is -0.167. The Balaban J connectivity index is 4.28. The van der Waals surface area contributed by atoms with Crippen molar-refractivity contribution in [2.24, 2.45) is 11.8 Å². The SMILES string of the molecule is CCCCCCCCCCCCCCCCC(=O)O[C@@H](COC(=O)CCCCCCCCCCCCCCCCC(C)C)COC(=O)CCCCCCCCCCCCCCCCC(C)CC. The van der Waals surface area contributed by atoms with E-state index in [0.717, 1.165) is 69.6 Å². The van der Waals surface area contributed by atoms with Crippen molar-refractivity contribution in [2.75, 3.05) is 13.2 Å². The molecule has 0 N–H and O–H groups in total. The highest BCUT2D eigenvalue weighted by Gasteiger charge is 2.19. The molecule has 0 aliphatic heterocycles. The van der Waals surface area contributed by atoms with Crippen molar-refractivity contribution < 1.29 is 28.6 Å². The molecule has 0 radical (unpaired) electrons. The summed E-state index contributed by atoms with van der Waals surface area (Å²) in [6.45, 7) is 11.5. The van der Waals surface area contributed by atoms with Gasteiger partial charge in [-0.3, -0.25) is 14.4 Å². The van der Waals surface area contributed by atoms with Gasteiger partial charge >= 0.3 is 17.9 Å². The Morgan fingerprint density at radius 2 is 0.567 bits per heavy atom. The molecule has 1 unspecified atom stereocenters. The van der Waals surface area contributed by atoms with Crippen LogP contribution in [0.15, 0.2) is 0 Å². The highest BCUT2D eigenvalue weighted by molar-refractivity contribution is 5.71. The zero-order valence-corrected chi connectivity index (χ0v) is 46.0. The molecule has 0 aliphatic rings. The van der Waals surface area contributed by atoms with Crippen molar-refractivity contribution in [2.45, 2.75) is 349 Å². The normalized spacial score (nSPS) is 12.4. The van der Waals surface area contributed by atoms with Crippen LogP contribution in [0.5, 0.6) is 0 Å². The molecule has 0 bridgehead atoms. The Hall–Kier alpha value is -1.59. The summed E-state index contributed by atoms with van der Waals surface area (Å²) in [7, 11) is 0. The number of hydrogen-bond donors (Lipinski definition) is 0. The molecule has 0 saturated heterocycles. The number of esters is 3. The molecular weight excluding hydrogens is 829 g/mol. The van der Waals surface area contributed by atoms with Gasteiger partial charge in [-0.2, -0.15) is 0 Å². The molecule has 2 atom stereocenters. The molecule has 6 heteroatoms. The third-order valence-corrected chi connectivity index (χ3v) is 14.3. The van der Waals surface area contributed by atoms with E-state index in [1.807, 2.05) is 0 Å². The van der Waals surface area contributed by atoms with Gasteiger partial charge in [0, 0.05) is 19.3 Å². The molecule has 0 spiro atoms. The van der Waals surface area contributed by atoms with Gasteiger partial charge in [0.05, 0.1) is 0 Å². The second kappa shape index (κ2) is 53.8. The lowest BCUT2D eigenvalue weighted by Crippen LogP contribution is -2.30. The maximum atomic E-state index is 12.9. The topological polar surface area (TPSA) is 78.9 Å². The second-order valence-corrected chi connectivity index (χ2v) is 21.7. The smallest absolute Gasteiger partial charge is 0.306 e. The van der Waals surface area contributed by atoms with Crippen molar-refractivity contribution in [1.82, 2.24) is 0 Å². The molecule has 67 heavy (non-hydrogen) atoms. The van der Waals surface area contributed by atoms with Crippen LogP contribution >= 0.6 is 0 Å². The van der Waals surface area contributed by atoms with E-state index in [-0.39, 0.29) is 31.1 Å².